The average Bonchev–Trinajstić information content (AvgIpc) is 2.06. The molecule has 1 rings (SSSR count). The van der Waals surface area contributed by atoms with E-state index >= 15 is 0 Å². The van der Waals surface area contributed by atoms with E-state index < -0.39 is 33.1 Å². The number of aromatic hydroxyl groups is 1. The third-order valence-electron chi connectivity index (χ3n) is 1.56. The van der Waals surface area contributed by atoms with Crippen molar-refractivity contribution < 1.29 is 26.7 Å². The van der Waals surface area contributed by atoms with Crippen LogP contribution in [0.4, 0.5) is 13.2 Å². The molecule has 3 nitrogen and oxygen atoms in total. The minimum atomic E-state index is -4.80. The first kappa shape index (κ1) is 12.3. The van der Waals surface area contributed by atoms with Crippen molar-refractivity contribution in [2.24, 2.45) is 0 Å². The zero-order valence-electron chi connectivity index (χ0n) is 6.88. The molecule has 0 radical (unpaired) electrons. The number of phenols is 1. The molecule has 0 spiro atoms. The lowest BCUT2D eigenvalue weighted by atomic mass is 10.2. The molecule has 1 N–H and O–H groups in total. The third kappa shape index (κ3) is 2.63. The number of phenolic OH excluding ortho intramolecular Hbond substituents is 1. The molecular formula is C7H4BrF3O3S. The standard InChI is InChI=1S/C7H4BrF3O3S/c8-3-1-4(7(9,10)11)6(12)5(2-3)15(13)14/h1-2,12,15H. The number of hydrogen-bond donors (Lipinski definition) is 2. The molecule has 84 valence electrons. The van der Waals surface area contributed by atoms with Gasteiger partial charge in [-0.25, -0.2) is 8.42 Å². The highest BCUT2D eigenvalue weighted by molar-refractivity contribution is 9.10. The zero-order valence-corrected chi connectivity index (χ0v) is 9.36. The van der Waals surface area contributed by atoms with E-state index in [9.17, 15) is 21.6 Å². The first-order valence-corrected chi connectivity index (χ1v) is 5.44. The molecule has 0 aliphatic rings. The van der Waals surface area contributed by atoms with Crippen molar-refractivity contribution >= 4 is 26.6 Å². The predicted molar refractivity (Wildman–Crippen MR) is 49.4 cm³/mol. The van der Waals surface area contributed by atoms with E-state index in [1.54, 1.807) is 0 Å². The number of halogens is 4. The van der Waals surface area contributed by atoms with E-state index in [1.165, 1.54) is 0 Å². The van der Waals surface area contributed by atoms with E-state index in [1.807, 2.05) is 0 Å². The van der Waals surface area contributed by atoms with Crippen molar-refractivity contribution in [3.63, 3.8) is 0 Å². The van der Waals surface area contributed by atoms with Gasteiger partial charge in [0.05, 0.1) is 5.56 Å². The number of benzene rings is 1. The van der Waals surface area contributed by atoms with Gasteiger partial charge in [-0.15, -0.1) is 0 Å². The summed E-state index contributed by atoms with van der Waals surface area (Å²) in [5, 5.41) is 9.09. The van der Waals surface area contributed by atoms with Gasteiger partial charge in [0.1, 0.15) is 10.6 Å². The van der Waals surface area contributed by atoms with Crippen LogP contribution in [0.5, 0.6) is 5.75 Å². The molecule has 1 aromatic carbocycles. The van der Waals surface area contributed by atoms with E-state index in [0.29, 0.717) is 6.07 Å². The third-order valence-corrected chi connectivity index (χ3v) is 2.75. The number of alkyl halides is 3. The molecule has 0 heterocycles. The fourth-order valence-electron chi connectivity index (χ4n) is 0.940. The summed E-state index contributed by atoms with van der Waals surface area (Å²) < 4.78 is 57.9. The minimum Gasteiger partial charge on any atom is -0.506 e. The maximum atomic E-state index is 12.3. The van der Waals surface area contributed by atoms with Crippen molar-refractivity contribution in [2.75, 3.05) is 0 Å². The summed E-state index contributed by atoms with van der Waals surface area (Å²) in [5.74, 6) is -1.28. The lowest BCUT2D eigenvalue weighted by molar-refractivity contribution is -0.139. The maximum absolute atomic E-state index is 12.3. The zero-order chi connectivity index (χ0) is 11.8. The highest BCUT2D eigenvalue weighted by atomic mass is 79.9. The summed E-state index contributed by atoms with van der Waals surface area (Å²) in [6.45, 7) is 0. The SMILES string of the molecule is O=[SH](=O)c1cc(Br)cc(C(F)(F)F)c1O. The molecule has 0 saturated carbocycles. The van der Waals surface area contributed by atoms with Gasteiger partial charge in [0.15, 0.2) is 10.7 Å². The minimum absolute atomic E-state index is 0.0678. The van der Waals surface area contributed by atoms with Gasteiger partial charge in [-0.1, -0.05) is 15.9 Å². The summed E-state index contributed by atoms with van der Waals surface area (Å²) in [6.07, 6.45) is -4.80. The van der Waals surface area contributed by atoms with Crippen molar-refractivity contribution in [2.45, 2.75) is 11.1 Å². The van der Waals surface area contributed by atoms with Gasteiger partial charge in [-0.3, -0.25) is 0 Å². The number of rotatable bonds is 1. The Bertz CT molecular complexity index is 459. The van der Waals surface area contributed by atoms with Crippen LogP contribution in [0.25, 0.3) is 0 Å². The maximum Gasteiger partial charge on any atom is 0.420 e. The molecule has 8 heteroatoms. The van der Waals surface area contributed by atoms with Crippen molar-refractivity contribution in [3.8, 4) is 5.75 Å². The Morgan fingerprint density at radius 1 is 1.27 bits per heavy atom. The first-order chi connectivity index (χ1) is 6.73. The molecule has 15 heavy (non-hydrogen) atoms. The van der Waals surface area contributed by atoms with E-state index in [0.717, 1.165) is 6.07 Å². The molecule has 0 amide bonds. The van der Waals surface area contributed by atoms with Crippen LogP contribution in [-0.2, 0) is 16.9 Å². The van der Waals surface area contributed by atoms with Gasteiger partial charge in [-0.2, -0.15) is 13.2 Å². The molecule has 0 fully saturated rings. The monoisotopic (exact) mass is 304 g/mol. The smallest absolute Gasteiger partial charge is 0.420 e. The predicted octanol–water partition coefficient (Wildman–Crippen LogP) is 2.14. The molecule has 0 aromatic heterocycles. The highest BCUT2D eigenvalue weighted by Crippen LogP contribution is 2.39. The summed E-state index contributed by atoms with van der Waals surface area (Å²) in [6, 6.07) is 1.51. The van der Waals surface area contributed by atoms with Crippen LogP contribution in [0.1, 0.15) is 5.56 Å². The second kappa shape index (κ2) is 4.01. The van der Waals surface area contributed by atoms with Crippen molar-refractivity contribution in [1.29, 1.82) is 0 Å². The Morgan fingerprint density at radius 3 is 2.20 bits per heavy atom. The molecule has 0 unspecified atom stereocenters. The van der Waals surface area contributed by atoms with Crippen LogP contribution in [-0.4, -0.2) is 13.5 Å². The topological polar surface area (TPSA) is 54.4 Å². The van der Waals surface area contributed by atoms with Crippen molar-refractivity contribution in [3.05, 3.63) is 22.2 Å². The fourth-order valence-corrected chi connectivity index (χ4v) is 2.11. The van der Waals surface area contributed by atoms with Crippen LogP contribution < -0.4 is 0 Å². The molecular weight excluding hydrogens is 301 g/mol. The quantitative estimate of drug-likeness (QED) is 0.782. The van der Waals surface area contributed by atoms with Gasteiger partial charge < -0.3 is 5.11 Å². The van der Waals surface area contributed by atoms with Gasteiger partial charge in [0.2, 0.25) is 0 Å². The van der Waals surface area contributed by atoms with Gasteiger partial charge in [-0.05, 0) is 12.1 Å². The average molecular weight is 305 g/mol. The Labute approximate surface area is 92.6 Å². The fraction of sp³-hybridized carbons (Fsp3) is 0.143. The summed E-state index contributed by atoms with van der Waals surface area (Å²) in [7, 11) is -3.28. The Kier molecular flexibility index (Phi) is 3.29. The van der Waals surface area contributed by atoms with E-state index in [-0.39, 0.29) is 4.47 Å². The van der Waals surface area contributed by atoms with E-state index in [4.69, 9.17) is 5.11 Å². The van der Waals surface area contributed by atoms with Crippen LogP contribution in [0.3, 0.4) is 0 Å². The summed E-state index contributed by atoms with van der Waals surface area (Å²) >= 11 is 2.73. The first-order valence-electron chi connectivity index (χ1n) is 3.47. The van der Waals surface area contributed by atoms with Crippen LogP contribution in [0, 0.1) is 0 Å². The Morgan fingerprint density at radius 2 is 1.80 bits per heavy atom. The molecule has 0 aliphatic carbocycles. The normalized spacial score (nSPS) is 12.1. The van der Waals surface area contributed by atoms with Crippen molar-refractivity contribution in [1.82, 2.24) is 0 Å². The lowest BCUT2D eigenvalue weighted by Gasteiger charge is -2.10. The molecule has 0 atom stereocenters. The summed E-state index contributed by atoms with van der Waals surface area (Å²) in [4.78, 5) is -0.758. The van der Waals surface area contributed by atoms with Gasteiger partial charge in [0.25, 0.3) is 0 Å². The van der Waals surface area contributed by atoms with Crippen LogP contribution in [0.15, 0.2) is 21.5 Å². The summed E-state index contributed by atoms with van der Waals surface area (Å²) in [5.41, 5.74) is -1.38. The molecule has 0 bridgehead atoms. The lowest BCUT2D eigenvalue weighted by Crippen LogP contribution is -2.06. The van der Waals surface area contributed by atoms with Gasteiger partial charge in [0, 0.05) is 4.47 Å². The Balaban J connectivity index is 3.56. The second-order valence-electron chi connectivity index (χ2n) is 2.58. The van der Waals surface area contributed by atoms with Crippen LogP contribution in [0.2, 0.25) is 0 Å². The van der Waals surface area contributed by atoms with E-state index in [2.05, 4.69) is 15.9 Å². The molecule has 0 saturated heterocycles. The second-order valence-corrected chi connectivity index (χ2v) is 4.49. The molecule has 1 aromatic rings. The number of thiol groups is 1. The molecule has 0 aliphatic heterocycles. The Hall–Kier alpha value is -0.760. The van der Waals surface area contributed by atoms with Gasteiger partial charge >= 0.3 is 6.18 Å². The number of hydrogen-bond acceptors (Lipinski definition) is 3. The highest BCUT2D eigenvalue weighted by Gasteiger charge is 2.35. The largest absolute Gasteiger partial charge is 0.506 e. The van der Waals surface area contributed by atoms with Crippen LogP contribution >= 0.6 is 15.9 Å².